The SMILES string of the molecule is CCOc1ccc(OCC)c(N2C(=O)NC(=O)/C(=C\c3cc(Br)c(OCc4ccc(Cl)c(Cl)c4)c(OC)c3)C2=O)c1. The normalized spacial score (nSPS) is 14.2. The third-order valence-electron chi connectivity index (χ3n) is 5.81. The molecular formula is C29H25BrCl2N2O7. The Morgan fingerprint density at radius 1 is 0.902 bits per heavy atom. The number of urea groups is 1. The zero-order valence-corrected chi connectivity index (χ0v) is 25.4. The van der Waals surface area contributed by atoms with Gasteiger partial charge in [-0.2, -0.15) is 0 Å². The van der Waals surface area contributed by atoms with Crippen molar-refractivity contribution in [1.29, 1.82) is 0 Å². The van der Waals surface area contributed by atoms with E-state index in [1.165, 1.54) is 19.3 Å². The molecule has 1 aliphatic heterocycles. The fourth-order valence-electron chi connectivity index (χ4n) is 4.00. The summed E-state index contributed by atoms with van der Waals surface area (Å²) in [5.74, 6) is -0.231. The summed E-state index contributed by atoms with van der Waals surface area (Å²) in [6, 6.07) is 12.3. The lowest BCUT2D eigenvalue weighted by Crippen LogP contribution is -2.54. The van der Waals surface area contributed by atoms with Gasteiger partial charge in [0.05, 0.1) is 40.5 Å². The summed E-state index contributed by atoms with van der Waals surface area (Å²) in [4.78, 5) is 40.1. The summed E-state index contributed by atoms with van der Waals surface area (Å²) >= 11 is 15.6. The highest BCUT2D eigenvalue weighted by molar-refractivity contribution is 9.10. The molecule has 3 aromatic carbocycles. The molecule has 12 heteroatoms. The molecule has 0 saturated carbocycles. The molecule has 214 valence electrons. The van der Waals surface area contributed by atoms with Gasteiger partial charge in [-0.25, -0.2) is 9.69 Å². The van der Waals surface area contributed by atoms with Gasteiger partial charge in [0.15, 0.2) is 11.5 Å². The molecule has 0 unspecified atom stereocenters. The van der Waals surface area contributed by atoms with E-state index < -0.39 is 17.8 Å². The van der Waals surface area contributed by atoms with Crippen LogP contribution in [0.4, 0.5) is 10.5 Å². The quantitative estimate of drug-likeness (QED) is 0.188. The second kappa shape index (κ2) is 13.3. The van der Waals surface area contributed by atoms with Crippen molar-refractivity contribution in [2.24, 2.45) is 0 Å². The highest BCUT2D eigenvalue weighted by Gasteiger charge is 2.38. The van der Waals surface area contributed by atoms with Crippen molar-refractivity contribution in [3.8, 4) is 23.0 Å². The van der Waals surface area contributed by atoms with Crippen molar-refractivity contribution in [1.82, 2.24) is 5.32 Å². The first-order valence-corrected chi connectivity index (χ1v) is 14.0. The predicted octanol–water partition coefficient (Wildman–Crippen LogP) is 6.81. The van der Waals surface area contributed by atoms with Crippen LogP contribution in [0.5, 0.6) is 23.0 Å². The number of carbonyl (C=O) groups is 3. The Morgan fingerprint density at radius 3 is 2.34 bits per heavy atom. The number of nitrogens with one attached hydrogen (secondary N) is 1. The molecule has 4 amide bonds. The number of rotatable bonds is 10. The van der Waals surface area contributed by atoms with Crippen molar-refractivity contribution in [2.45, 2.75) is 20.5 Å². The smallest absolute Gasteiger partial charge is 0.336 e. The number of barbiturate groups is 1. The van der Waals surface area contributed by atoms with E-state index >= 15 is 0 Å². The van der Waals surface area contributed by atoms with Crippen molar-refractivity contribution >= 4 is 68.7 Å². The van der Waals surface area contributed by atoms with Gasteiger partial charge in [0.2, 0.25) is 0 Å². The fraction of sp³-hybridized carbons (Fsp3) is 0.207. The monoisotopic (exact) mass is 662 g/mol. The van der Waals surface area contributed by atoms with Crippen molar-refractivity contribution in [3.63, 3.8) is 0 Å². The molecule has 1 heterocycles. The van der Waals surface area contributed by atoms with Gasteiger partial charge < -0.3 is 18.9 Å². The Hall–Kier alpha value is -3.73. The largest absolute Gasteiger partial charge is 0.494 e. The average Bonchev–Trinajstić information content (AvgIpc) is 2.93. The molecule has 0 aliphatic carbocycles. The average molecular weight is 664 g/mol. The molecule has 0 bridgehead atoms. The van der Waals surface area contributed by atoms with Crippen molar-refractivity contribution in [3.05, 3.63) is 79.7 Å². The van der Waals surface area contributed by atoms with Crippen LogP contribution in [0.2, 0.25) is 10.0 Å². The predicted molar refractivity (Wildman–Crippen MR) is 159 cm³/mol. The Bertz CT molecular complexity index is 1540. The Labute approximate surface area is 255 Å². The van der Waals surface area contributed by atoms with Gasteiger partial charge in [0.25, 0.3) is 11.8 Å². The molecule has 1 fully saturated rings. The minimum atomic E-state index is -0.906. The van der Waals surface area contributed by atoms with Crippen molar-refractivity contribution in [2.75, 3.05) is 25.2 Å². The van der Waals surface area contributed by atoms with E-state index in [1.54, 1.807) is 49.4 Å². The molecule has 1 aliphatic rings. The Balaban J connectivity index is 1.67. The van der Waals surface area contributed by atoms with E-state index in [9.17, 15) is 14.4 Å². The van der Waals surface area contributed by atoms with Crippen LogP contribution in [0.3, 0.4) is 0 Å². The Morgan fingerprint density at radius 2 is 1.66 bits per heavy atom. The topological polar surface area (TPSA) is 103 Å². The number of methoxy groups -OCH3 is 1. The summed E-state index contributed by atoms with van der Waals surface area (Å²) in [7, 11) is 1.46. The van der Waals surface area contributed by atoms with E-state index in [1.807, 2.05) is 6.92 Å². The maximum atomic E-state index is 13.6. The summed E-state index contributed by atoms with van der Waals surface area (Å²) < 4.78 is 23.2. The van der Waals surface area contributed by atoms with Gasteiger partial charge in [-0.15, -0.1) is 0 Å². The minimum absolute atomic E-state index is 0.142. The molecule has 1 saturated heterocycles. The van der Waals surface area contributed by atoms with Gasteiger partial charge in [-0.3, -0.25) is 14.9 Å². The first-order chi connectivity index (χ1) is 19.7. The number of benzene rings is 3. The van der Waals surface area contributed by atoms with Gasteiger partial charge in [0.1, 0.15) is 23.7 Å². The van der Waals surface area contributed by atoms with E-state index in [0.717, 1.165) is 10.5 Å². The molecule has 4 rings (SSSR count). The van der Waals surface area contributed by atoms with E-state index in [-0.39, 0.29) is 23.6 Å². The maximum absolute atomic E-state index is 13.6. The van der Waals surface area contributed by atoms with Crippen LogP contribution in [-0.2, 0) is 16.2 Å². The first kappa shape index (κ1) is 30.2. The van der Waals surface area contributed by atoms with Crippen LogP contribution in [0.1, 0.15) is 25.0 Å². The maximum Gasteiger partial charge on any atom is 0.336 e. The lowest BCUT2D eigenvalue weighted by Gasteiger charge is -2.28. The third kappa shape index (κ3) is 6.78. The van der Waals surface area contributed by atoms with Crippen LogP contribution in [0.25, 0.3) is 6.08 Å². The van der Waals surface area contributed by atoms with Gasteiger partial charge in [0, 0.05) is 6.07 Å². The van der Waals surface area contributed by atoms with Crippen LogP contribution in [-0.4, -0.2) is 38.2 Å². The van der Waals surface area contributed by atoms with Crippen LogP contribution < -0.4 is 29.2 Å². The number of imide groups is 2. The highest BCUT2D eigenvalue weighted by atomic mass is 79.9. The van der Waals surface area contributed by atoms with Crippen LogP contribution >= 0.6 is 39.1 Å². The molecule has 0 radical (unpaired) electrons. The van der Waals surface area contributed by atoms with E-state index in [2.05, 4.69) is 21.2 Å². The molecular weight excluding hydrogens is 639 g/mol. The molecule has 41 heavy (non-hydrogen) atoms. The molecule has 9 nitrogen and oxygen atoms in total. The third-order valence-corrected chi connectivity index (χ3v) is 7.14. The number of ether oxygens (including phenoxy) is 4. The fourth-order valence-corrected chi connectivity index (χ4v) is 4.89. The molecule has 3 aromatic rings. The van der Waals surface area contributed by atoms with Gasteiger partial charge in [-0.05, 0) is 83.4 Å². The summed E-state index contributed by atoms with van der Waals surface area (Å²) in [5.41, 5.74) is 1.10. The number of hydrogen-bond donors (Lipinski definition) is 1. The lowest BCUT2D eigenvalue weighted by atomic mass is 10.1. The zero-order valence-electron chi connectivity index (χ0n) is 22.3. The highest BCUT2D eigenvalue weighted by Crippen LogP contribution is 2.39. The number of nitrogens with zero attached hydrogens (tertiary/aromatic N) is 1. The number of hydrogen-bond acceptors (Lipinski definition) is 7. The second-order valence-electron chi connectivity index (χ2n) is 8.52. The van der Waals surface area contributed by atoms with Crippen molar-refractivity contribution < 1.29 is 33.3 Å². The minimum Gasteiger partial charge on any atom is -0.494 e. The van der Waals surface area contributed by atoms with E-state index in [4.69, 9.17) is 42.1 Å². The molecule has 1 N–H and O–H groups in total. The Kier molecular flexibility index (Phi) is 9.80. The van der Waals surface area contributed by atoms with Crippen LogP contribution in [0, 0.1) is 0 Å². The zero-order chi connectivity index (χ0) is 29.7. The second-order valence-corrected chi connectivity index (χ2v) is 10.2. The molecule has 0 atom stereocenters. The number of anilines is 1. The lowest BCUT2D eigenvalue weighted by molar-refractivity contribution is -0.122. The summed E-state index contributed by atoms with van der Waals surface area (Å²) in [6.07, 6.45) is 1.36. The summed E-state index contributed by atoms with van der Waals surface area (Å²) in [5, 5.41) is 3.06. The number of carbonyl (C=O) groups excluding carboxylic acids is 3. The number of halogens is 3. The first-order valence-electron chi connectivity index (χ1n) is 12.4. The van der Waals surface area contributed by atoms with Gasteiger partial charge in [-0.1, -0.05) is 29.3 Å². The van der Waals surface area contributed by atoms with Gasteiger partial charge >= 0.3 is 6.03 Å². The molecule has 0 spiro atoms. The number of amides is 4. The van der Waals surface area contributed by atoms with E-state index in [0.29, 0.717) is 50.5 Å². The summed E-state index contributed by atoms with van der Waals surface area (Å²) in [6.45, 7) is 4.43. The standard InChI is InChI=1S/C29H25BrCl2N2O7/c1-4-39-18-7-9-24(40-5-2)23(14-18)34-28(36)19(27(35)33-29(34)37)10-17-11-20(30)26(25(13-17)38-3)41-15-16-6-8-21(31)22(32)12-16/h6-14H,4-5,15H2,1-3H3,(H,33,35,37)/b19-10+. The molecule has 0 aromatic heterocycles. The van der Waals surface area contributed by atoms with Crippen LogP contribution in [0.15, 0.2) is 58.6 Å².